The summed E-state index contributed by atoms with van der Waals surface area (Å²) in [5.74, 6) is -0.545. The molecule has 2 aliphatic rings. The van der Waals surface area contributed by atoms with Crippen LogP contribution in [0, 0.1) is 0 Å². The van der Waals surface area contributed by atoms with Gasteiger partial charge < -0.3 is 30.7 Å². The van der Waals surface area contributed by atoms with E-state index >= 15 is 0 Å². The topological polar surface area (TPSA) is 115 Å². The summed E-state index contributed by atoms with van der Waals surface area (Å²) in [5, 5.41) is 19.7. The number of aliphatic hydroxyl groups excluding tert-OH is 1. The van der Waals surface area contributed by atoms with Crippen LogP contribution in [0.25, 0.3) is 0 Å². The fraction of sp³-hybridized carbons (Fsp3) is 0.500. The maximum absolute atomic E-state index is 12.9. The summed E-state index contributed by atoms with van der Waals surface area (Å²) in [4.78, 5) is 27.8. The first-order chi connectivity index (χ1) is 15.7. The third kappa shape index (κ3) is 6.54. The van der Waals surface area contributed by atoms with Crippen molar-refractivity contribution in [2.45, 2.75) is 24.6 Å². The van der Waals surface area contributed by atoms with E-state index in [0.29, 0.717) is 30.1 Å². The monoisotopic (exact) mass is 489 g/mol. The van der Waals surface area contributed by atoms with Gasteiger partial charge in [-0.1, -0.05) is 6.08 Å². The quantitative estimate of drug-likeness (QED) is 0.337. The van der Waals surface area contributed by atoms with E-state index in [-0.39, 0.29) is 30.0 Å². The molecular formula is C20H26F3N5O4S. The number of allylic oxidation sites excluding steroid dienone is 2. The standard InChI is InChI=1S/C20H26F3N5O4S/c1-24-16(27-19(31)20(21,22)23)14-4-5-15(33-14)17(29)26-10-13-11-32-8-7-28(13)18(30)12-3-2-6-25-9-12/h2-6,13,16,19,24-25,27,31H,7-11H2,1H3,(H,26,29). The number of morpholine rings is 1. The first-order valence-corrected chi connectivity index (χ1v) is 11.1. The summed E-state index contributed by atoms with van der Waals surface area (Å²) in [6, 6.07) is 2.65. The average Bonchev–Trinajstić information content (AvgIpc) is 3.30. The molecule has 3 rings (SSSR count). The number of carbonyl (C=O) groups is 2. The number of halogens is 3. The predicted molar refractivity (Wildman–Crippen MR) is 115 cm³/mol. The molecule has 13 heteroatoms. The highest BCUT2D eigenvalue weighted by Crippen LogP contribution is 2.25. The van der Waals surface area contributed by atoms with Crippen molar-refractivity contribution in [2.24, 2.45) is 0 Å². The second kappa shape index (κ2) is 11.1. The zero-order chi connectivity index (χ0) is 24.0. The molecule has 0 saturated carbocycles. The van der Waals surface area contributed by atoms with Crippen LogP contribution in [0.15, 0.2) is 36.1 Å². The largest absolute Gasteiger partial charge is 0.428 e. The Hall–Kier alpha value is -2.45. The van der Waals surface area contributed by atoms with Gasteiger partial charge in [-0.15, -0.1) is 11.3 Å². The summed E-state index contributed by atoms with van der Waals surface area (Å²) in [7, 11) is 1.43. The van der Waals surface area contributed by atoms with Crippen LogP contribution < -0.4 is 21.3 Å². The molecule has 0 radical (unpaired) electrons. The molecule has 0 aromatic carbocycles. The van der Waals surface area contributed by atoms with Crippen molar-refractivity contribution in [2.75, 3.05) is 39.9 Å². The number of hydrogen-bond donors (Lipinski definition) is 5. The Kier molecular flexibility index (Phi) is 8.48. The summed E-state index contributed by atoms with van der Waals surface area (Å²) < 4.78 is 43.4. The van der Waals surface area contributed by atoms with Crippen molar-refractivity contribution in [1.29, 1.82) is 0 Å². The van der Waals surface area contributed by atoms with E-state index in [1.54, 1.807) is 23.3 Å². The SMILES string of the molecule is CNC(NC(O)C(F)(F)F)c1ccc(C(=O)NCC2COCCN2C(=O)C2=CC=CNC2)s1. The number of hydrogen-bond acceptors (Lipinski definition) is 8. The fourth-order valence-corrected chi connectivity index (χ4v) is 4.37. The van der Waals surface area contributed by atoms with Gasteiger partial charge in [0.1, 0.15) is 0 Å². The van der Waals surface area contributed by atoms with E-state index in [0.717, 1.165) is 11.3 Å². The number of dihydropyridines is 1. The minimum absolute atomic E-state index is 0.126. The molecule has 2 amide bonds. The molecule has 3 atom stereocenters. The van der Waals surface area contributed by atoms with Gasteiger partial charge in [0, 0.05) is 30.1 Å². The fourth-order valence-electron chi connectivity index (χ4n) is 3.37. The molecular weight excluding hydrogens is 463 g/mol. The minimum atomic E-state index is -4.82. The van der Waals surface area contributed by atoms with Crippen molar-refractivity contribution >= 4 is 23.2 Å². The zero-order valence-electron chi connectivity index (χ0n) is 17.8. The molecule has 5 N–H and O–H groups in total. The molecule has 2 aliphatic heterocycles. The van der Waals surface area contributed by atoms with E-state index in [9.17, 15) is 27.9 Å². The number of ether oxygens (including phenoxy) is 1. The number of alkyl halides is 3. The van der Waals surface area contributed by atoms with Crippen molar-refractivity contribution in [3.05, 3.63) is 45.8 Å². The Balaban J connectivity index is 1.59. The van der Waals surface area contributed by atoms with Crippen molar-refractivity contribution < 1.29 is 32.6 Å². The van der Waals surface area contributed by atoms with Crippen molar-refractivity contribution in [1.82, 2.24) is 26.2 Å². The summed E-state index contributed by atoms with van der Waals surface area (Å²) in [6.45, 7) is 1.67. The van der Waals surface area contributed by atoms with Crippen molar-refractivity contribution in [3.63, 3.8) is 0 Å². The molecule has 9 nitrogen and oxygen atoms in total. The van der Waals surface area contributed by atoms with Crippen LogP contribution in [0.3, 0.4) is 0 Å². The lowest BCUT2D eigenvalue weighted by molar-refractivity contribution is -0.216. The number of thiophene rings is 1. The lowest BCUT2D eigenvalue weighted by Gasteiger charge is -2.36. The van der Waals surface area contributed by atoms with Gasteiger partial charge in [0.2, 0.25) is 6.23 Å². The van der Waals surface area contributed by atoms with Gasteiger partial charge in [-0.05, 0) is 31.5 Å². The molecule has 1 aromatic rings. The summed E-state index contributed by atoms with van der Waals surface area (Å²) >= 11 is 0.990. The van der Waals surface area contributed by atoms with E-state index in [1.165, 1.54) is 19.2 Å². The van der Waals surface area contributed by atoms with Gasteiger partial charge in [-0.25, -0.2) is 0 Å². The number of aliphatic hydroxyl groups is 1. The minimum Gasteiger partial charge on any atom is -0.387 e. The second-order valence-electron chi connectivity index (χ2n) is 7.40. The lowest BCUT2D eigenvalue weighted by Crippen LogP contribution is -2.54. The molecule has 0 aliphatic carbocycles. The van der Waals surface area contributed by atoms with E-state index < -0.39 is 24.5 Å². The second-order valence-corrected chi connectivity index (χ2v) is 8.52. The lowest BCUT2D eigenvalue weighted by atomic mass is 10.1. The normalized spacial score (nSPS) is 20.6. The number of nitrogens with one attached hydrogen (secondary N) is 4. The van der Waals surface area contributed by atoms with Gasteiger partial charge in [0.05, 0.1) is 30.3 Å². The van der Waals surface area contributed by atoms with Crippen LogP contribution in [0.1, 0.15) is 20.7 Å². The third-order valence-electron chi connectivity index (χ3n) is 5.12. The van der Waals surface area contributed by atoms with E-state index in [4.69, 9.17) is 4.74 Å². The smallest absolute Gasteiger partial charge is 0.387 e. The first-order valence-electron chi connectivity index (χ1n) is 10.2. The number of nitrogens with zero attached hydrogens (tertiary/aromatic N) is 1. The first kappa shape index (κ1) is 25.2. The van der Waals surface area contributed by atoms with Gasteiger partial charge in [-0.2, -0.15) is 13.2 Å². The van der Waals surface area contributed by atoms with Gasteiger partial charge in [-0.3, -0.25) is 14.9 Å². The molecule has 1 fully saturated rings. The molecule has 1 aromatic heterocycles. The maximum Gasteiger partial charge on any atom is 0.428 e. The molecule has 182 valence electrons. The van der Waals surface area contributed by atoms with Gasteiger partial charge in [0.15, 0.2) is 0 Å². The Labute approximate surface area is 192 Å². The van der Waals surface area contributed by atoms with Crippen LogP contribution >= 0.6 is 11.3 Å². The van der Waals surface area contributed by atoms with Crippen LogP contribution in [-0.2, 0) is 9.53 Å². The molecule has 33 heavy (non-hydrogen) atoms. The Morgan fingerprint density at radius 2 is 2.18 bits per heavy atom. The molecule has 1 saturated heterocycles. The number of amides is 2. The highest BCUT2D eigenvalue weighted by atomic mass is 32.1. The maximum atomic E-state index is 12.9. The Bertz CT molecular complexity index is 905. The highest BCUT2D eigenvalue weighted by molar-refractivity contribution is 7.14. The molecule has 3 heterocycles. The van der Waals surface area contributed by atoms with Crippen molar-refractivity contribution in [3.8, 4) is 0 Å². The van der Waals surface area contributed by atoms with Crippen LogP contribution in [0.4, 0.5) is 13.2 Å². The zero-order valence-corrected chi connectivity index (χ0v) is 18.6. The van der Waals surface area contributed by atoms with Crippen LogP contribution in [0.5, 0.6) is 0 Å². The average molecular weight is 490 g/mol. The number of carbonyl (C=O) groups excluding carboxylic acids is 2. The van der Waals surface area contributed by atoms with E-state index in [2.05, 4.69) is 16.0 Å². The Morgan fingerprint density at radius 3 is 2.85 bits per heavy atom. The number of rotatable bonds is 8. The highest BCUT2D eigenvalue weighted by Gasteiger charge is 2.39. The molecule has 3 unspecified atom stereocenters. The Morgan fingerprint density at radius 1 is 1.39 bits per heavy atom. The summed E-state index contributed by atoms with van der Waals surface area (Å²) in [5.41, 5.74) is 0.616. The van der Waals surface area contributed by atoms with Crippen LogP contribution in [0.2, 0.25) is 0 Å². The summed E-state index contributed by atoms with van der Waals surface area (Å²) in [6.07, 6.45) is -3.28. The molecule has 0 bridgehead atoms. The van der Waals surface area contributed by atoms with Gasteiger partial charge >= 0.3 is 6.18 Å². The van der Waals surface area contributed by atoms with E-state index in [1.807, 2.05) is 5.32 Å². The van der Waals surface area contributed by atoms with Gasteiger partial charge in [0.25, 0.3) is 11.8 Å². The molecule has 0 spiro atoms. The predicted octanol–water partition coefficient (Wildman–Crippen LogP) is 0.437. The third-order valence-corrected chi connectivity index (χ3v) is 6.27. The van der Waals surface area contributed by atoms with Crippen LogP contribution in [-0.4, -0.2) is 80.2 Å².